The van der Waals surface area contributed by atoms with Gasteiger partial charge >= 0.3 is 6.09 Å². The largest absolute Gasteiger partial charge is 0.444 e. The normalized spacial score (nSPS) is 15.5. The average Bonchev–Trinajstić information content (AvgIpc) is 2.45. The van der Waals surface area contributed by atoms with Gasteiger partial charge < -0.3 is 14.5 Å². The van der Waals surface area contributed by atoms with Crippen LogP contribution >= 0.6 is 0 Å². The second-order valence-corrected chi connectivity index (χ2v) is 6.34. The molecule has 0 aliphatic carbocycles. The van der Waals surface area contributed by atoms with Crippen LogP contribution in [0.1, 0.15) is 20.8 Å². The smallest absolute Gasteiger partial charge is 0.410 e. The first-order valence-electron chi connectivity index (χ1n) is 7.34. The molecule has 0 bridgehead atoms. The van der Waals surface area contributed by atoms with Crippen molar-refractivity contribution in [3.8, 4) is 0 Å². The van der Waals surface area contributed by atoms with E-state index in [0.717, 1.165) is 6.07 Å². The maximum Gasteiger partial charge on any atom is 0.410 e. The van der Waals surface area contributed by atoms with Gasteiger partial charge in [-0.25, -0.2) is 9.18 Å². The van der Waals surface area contributed by atoms with E-state index in [0.29, 0.717) is 31.9 Å². The standard InChI is InChI=1S/C15H20FN3O4/c1-15(2,3)23-14(20)18-8-6-17(7-9-18)12-5-4-11(16)10-13(12)19(21)22/h4-5,10H,6-9H2,1-3H3. The Morgan fingerprint density at radius 2 is 1.87 bits per heavy atom. The minimum atomic E-state index is -0.646. The highest BCUT2D eigenvalue weighted by molar-refractivity contribution is 5.69. The van der Waals surface area contributed by atoms with Gasteiger partial charge in [-0.2, -0.15) is 0 Å². The molecule has 1 amide bonds. The van der Waals surface area contributed by atoms with Crippen LogP contribution in [0.2, 0.25) is 0 Å². The molecule has 1 aliphatic heterocycles. The van der Waals surface area contributed by atoms with Gasteiger partial charge in [0, 0.05) is 26.2 Å². The summed E-state index contributed by atoms with van der Waals surface area (Å²) in [6.45, 7) is 7.01. The van der Waals surface area contributed by atoms with Gasteiger partial charge in [-0.3, -0.25) is 10.1 Å². The summed E-state index contributed by atoms with van der Waals surface area (Å²) in [7, 11) is 0. The van der Waals surface area contributed by atoms with Gasteiger partial charge in [-0.05, 0) is 32.9 Å². The number of hydrogen-bond acceptors (Lipinski definition) is 5. The van der Waals surface area contributed by atoms with E-state index in [1.807, 2.05) is 0 Å². The Labute approximate surface area is 133 Å². The number of halogens is 1. The van der Waals surface area contributed by atoms with E-state index < -0.39 is 22.4 Å². The number of nitro groups is 1. The molecule has 0 radical (unpaired) electrons. The number of benzene rings is 1. The highest BCUT2D eigenvalue weighted by Crippen LogP contribution is 2.29. The molecule has 0 saturated carbocycles. The summed E-state index contributed by atoms with van der Waals surface area (Å²) in [5.74, 6) is -0.646. The summed E-state index contributed by atoms with van der Waals surface area (Å²) in [5.41, 5.74) is -0.472. The zero-order valence-corrected chi connectivity index (χ0v) is 13.4. The third-order valence-corrected chi connectivity index (χ3v) is 3.41. The molecule has 1 aromatic carbocycles. The minimum absolute atomic E-state index is 0.268. The first kappa shape index (κ1) is 17.0. The molecule has 0 aromatic heterocycles. The fourth-order valence-electron chi connectivity index (χ4n) is 2.37. The van der Waals surface area contributed by atoms with Crippen LogP contribution in [0.15, 0.2) is 18.2 Å². The molecule has 0 atom stereocenters. The minimum Gasteiger partial charge on any atom is -0.444 e. The van der Waals surface area contributed by atoms with E-state index >= 15 is 0 Å². The SMILES string of the molecule is CC(C)(C)OC(=O)N1CCN(c2ccc(F)cc2[N+](=O)[O-])CC1. The highest BCUT2D eigenvalue weighted by atomic mass is 19.1. The molecule has 7 nitrogen and oxygen atoms in total. The van der Waals surface area contributed by atoms with Crippen molar-refractivity contribution in [2.24, 2.45) is 0 Å². The van der Waals surface area contributed by atoms with Crippen LogP contribution in [0, 0.1) is 15.9 Å². The molecule has 1 aromatic rings. The van der Waals surface area contributed by atoms with Crippen molar-refractivity contribution in [2.75, 3.05) is 31.1 Å². The lowest BCUT2D eigenvalue weighted by atomic mass is 10.2. The average molecular weight is 325 g/mol. The van der Waals surface area contributed by atoms with Crippen LogP contribution in [0.3, 0.4) is 0 Å². The lowest BCUT2D eigenvalue weighted by Gasteiger charge is -2.36. The highest BCUT2D eigenvalue weighted by Gasteiger charge is 2.28. The second kappa shape index (κ2) is 6.39. The number of rotatable bonds is 2. The molecule has 0 unspecified atom stereocenters. The van der Waals surface area contributed by atoms with E-state index in [1.54, 1.807) is 30.6 Å². The predicted octanol–water partition coefficient (Wildman–Crippen LogP) is 2.79. The van der Waals surface area contributed by atoms with Crippen LogP contribution in [0.5, 0.6) is 0 Å². The number of carbonyl (C=O) groups excluding carboxylic acids is 1. The van der Waals surface area contributed by atoms with Gasteiger partial charge in [0.2, 0.25) is 0 Å². The number of nitrogens with zero attached hydrogens (tertiary/aromatic N) is 3. The van der Waals surface area contributed by atoms with Gasteiger partial charge in [0.05, 0.1) is 11.0 Å². The number of hydrogen-bond donors (Lipinski definition) is 0. The number of anilines is 1. The Morgan fingerprint density at radius 3 is 2.39 bits per heavy atom. The number of amides is 1. The maximum atomic E-state index is 13.2. The second-order valence-electron chi connectivity index (χ2n) is 6.34. The monoisotopic (exact) mass is 325 g/mol. The van der Waals surface area contributed by atoms with Crippen molar-refractivity contribution in [1.29, 1.82) is 0 Å². The van der Waals surface area contributed by atoms with Crippen molar-refractivity contribution in [3.05, 3.63) is 34.1 Å². The van der Waals surface area contributed by atoms with Gasteiger partial charge in [0.1, 0.15) is 17.1 Å². The molecule has 126 valence electrons. The molecule has 1 heterocycles. The van der Waals surface area contributed by atoms with Crippen molar-refractivity contribution in [3.63, 3.8) is 0 Å². The molecule has 1 fully saturated rings. The number of piperazine rings is 1. The zero-order valence-electron chi connectivity index (χ0n) is 13.4. The van der Waals surface area contributed by atoms with E-state index in [2.05, 4.69) is 0 Å². The molecular formula is C15H20FN3O4. The van der Waals surface area contributed by atoms with E-state index in [4.69, 9.17) is 4.74 Å². The van der Waals surface area contributed by atoms with E-state index in [1.165, 1.54) is 12.1 Å². The molecule has 0 N–H and O–H groups in total. The fraction of sp³-hybridized carbons (Fsp3) is 0.533. The Hall–Kier alpha value is -2.38. The first-order valence-corrected chi connectivity index (χ1v) is 7.34. The molecule has 1 saturated heterocycles. The Bertz CT molecular complexity index is 607. The van der Waals surface area contributed by atoms with Crippen LogP contribution < -0.4 is 4.90 Å². The number of nitro benzene ring substituents is 1. The number of carbonyl (C=O) groups is 1. The molecule has 2 rings (SSSR count). The first-order chi connectivity index (χ1) is 10.7. The summed E-state index contributed by atoms with van der Waals surface area (Å²) < 4.78 is 18.5. The molecule has 0 spiro atoms. The van der Waals surface area contributed by atoms with Crippen LogP contribution in [-0.4, -0.2) is 47.7 Å². The summed E-state index contributed by atoms with van der Waals surface area (Å²) in [6.07, 6.45) is -0.397. The van der Waals surface area contributed by atoms with Gasteiger partial charge in [-0.1, -0.05) is 0 Å². The van der Waals surface area contributed by atoms with Crippen LogP contribution in [-0.2, 0) is 4.74 Å². The van der Waals surface area contributed by atoms with Crippen molar-refractivity contribution >= 4 is 17.5 Å². The third kappa shape index (κ3) is 4.30. The topological polar surface area (TPSA) is 75.9 Å². The van der Waals surface area contributed by atoms with E-state index in [-0.39, 0.29) is 5.69 Å². The quantitative estimate of drug-likeness (QED) is 0.617. The number of ether oxygens (including phenoxy) is 1. The van der Waals surface area contributed by atoms with Crippen molar-refractivity contribution < 1.29 is 18.8 Å². The van der Waals surface area contributed by atoms with Crippen molar-refractivity contribution in [1.82, 2.24) is 4.90 Å². The maximum absolute atomic E-state index is 13.2. The molecule has 1 aliphatic rings. The zero-order chi connectivity index (χ0) is 17.2. The Kier molecular flexibility index (Phi) is 4.72. The summed E-state index contributed by atoms with van der Waals surface area (Å²) in [5, 5.41) is 11.1. The van der Waals surface area contributed by atoms with Gasteiger partial charge in [0.25, 0.3) is 5.69 Å². The summed E-state index contributed by atoms with van der Waals surface area (Å²) in [6, 6.07) is 3.51. The molecule has 23 heavy (non-hydrogen) atoms. The molecule has 8 heteroatoms. The Morgan fingerprint density at radius 1 is 1.26 bits per heavy atom. The summed E-state index contributed by atoms with van der Waals surface area (Å²) >= 11 is 0. The van der Waals surface area contributed by atoms with Gasteiger partial charge in [-0.15, -0.1) is 0 Å². The third-order valence-electron chi connectivity index (χ3n) is 3.41. The van der Waals surface area contributed by atoms with Gasteiger partial charge in [0.15, 0.2) is 0 Å². The van der Waals surface area contributed by atoms with E-state index in [9.17, 15) is 19.3 Å². The predicted molar refractivity (Wildman–Crippen MR) is 83.1 cm³/mol. The lowest BCUT2D eigenvalue weighted by molar-refractivity contribution is -0.384. The van der Waals surface area contributed by atoms with Crippen LogP contribution in [0.4, 0.5) is 20.6 Å². The van der Waals surface area contributed by atoms with Crippen LogP contribution in [0.25, 0.3) is 0 Å². The fourth-order valence-corrected chi connectivity index (χ4v) is 2.37. The molecular weight excluding hydrogens is 305 g/mol. The Balaban J connectivity index is 2.05. The summed E-state index contributed by atoms with van der Waals surface area (Å²) in [4.78, 5) is 25.8. The lowest BCUT2D eigenvalue weighted by Crippen LogP contribution is -2.50. The van der Waals surface area contributed by atoms with Crippen molar-refractivity contribution in [2.45, 2.75) is 26.4 Å².